The van der Waals surface area contributed by atoms with Gasteiger partial charge in [0.05, 0.1) is 0 Å². The molecule has 1 fully saturated rings. The van der Waals surface area contributed by atoms with Gasteiger partial charge in [-0.25, -0.2) is 0 Å². The minimum absolute atomic E-state index is 1.28. The lowest BCUT2D eigenvalue weighted by molar-refractivity contribution is 0.523. The van der Waals surface area contributed by atoms with Crippen LogP contribution < -0.4 is 4.90 Å². The van der Waals surface area contributed by atoms with Gasteiger partial charge in [0.1, 0.15) is 20.1 Å². The Morgan fingerprint density at radius 3 is 2.14 bits per heavy atom. The molecule has 0 aromatic heterocycles. The molecule has 1 aliphatic rings. The zero-order chi connectivity index (χ0) is 5.11. The lowest BCUT2D eigenvalue weighted by Gasteiger charge is -2.10. The van der Waals surface area contributed by atoms with Gasteiger partial charge in [-0.15, -0.1) is 11.8 Å². The predicted molar refractivity (Wildman–Crippen MR) is 35.1 cm³/mol. The number of thioether (sulfide) groups is 1. The maximum absolute atomic E-state index is 2.37. The molecule has 2 heteroatoms. The van der Waals surface area contributed by atoms with E-state index in [-0.39, 0.29) is 0 Å². The fourth-order valence-electron chi connectivity index (χ4n) is 0.655. The fourth-order valence-corrected chi connectivity index (χ4v) is 1.74. The summed E-state index contributed by atoms with van der Waals surface area (Å²) < 4.78 is 0. The molecule has 0 N–H and O–H groups in total. The van der Waals surface area contributed by atoms with Crippen LogP contribution in [0.4, 0.5) is 0 Å². The molecule has 0 amide bonds. The molecule has 0 aliphatic carbocycles. The van der Waals surface area contributed by atoms with Gasteiger partial charge in [0.25, 0.3) is 0 Å². The molecule has 41 valence electrons. The van der Waals surface area contributed by atoms with Crippen molar-refractivity contribution in [1.29, 1.82) is 0 Å². The molecule has 0 aromatic carbocycles. The average Bonchev–Trinajstić information content (AvgIpc) is 1.69. The molecule has 7 heavy (non-hydrogen) atoms. The van der Waals surface area contributed by atoms with Gasteiger partial charge in [-0.1, -0.05) is 0 Å². The van der Waals surface area contributed by atoms with Crippen molar-refractivity contribution in [3.05, 3.63) is 0 Å². The summed E-state index contributed by atoms with van der Waals surface area (Å²) in [5.41, 5.74) is 0. The van der Waals surface area contributed by atoms with E-state index in [1.165, 1.54) is 24.6 Å². The molecule has 1 rings (SSSR count). The molecular formula is C5H11NS+. The molecule has 1 radical (unpaired) electrons. The lowest BCUT2D eigenvalue weighted by Crippen LogP contribution is -2.33. The van der Waals surface area contributed by atoms with E-state index < -0.39 is 0 Å². The molecule has 1 heterocycles. The van der Waals surface area contributed by atoms with E-state index in [1.54, 1.807) is 0 Å². The van der Waals surface area contributed by atoms with Gasteiger partial charge in [-0.05, 0) is 0 Å². The van der Waals surface area contributed by atoms with Crippen molar-refractivity contribution < 1.29 is 0 Å². The normalized spacial score (nSPS) is 25.3. The first-order chi connectivity index (χ1) is 3.39. The molecule has 1 aliphatic heterocycles. The summed E-state index contributed by atoms with van der Waals surface area (Å²) >= 11 is 2.06. The maximum atomic E-state index is 2.37. The number of rotatable bonds is 0. The molecule has 1 saturated heterocycles. The molecule has 0 spiro atoms. The van der Waals surface area contributed by atoms with Crippen LogP contribution in [0, 0.1) is 0 Å². The second-order valence-electron chi connectivity index (χ2n) is 1.92. The van der Waals surface area contributed by atoms with Gasteiger partial charge in [0, 0.05) is 11.5 Å². The monoisotopic (exact) mass is 117 g/mol. The second kappa shape index (κ2) is 2.58. The highest BCUT2D eigenvalue weighted by molar-refractivity contribution is 7.99. The Balaban J connectivity index is 2.12. The summed E-state index contributed by atoms with van der Waals surface area (Å²) in [6.45, 7) is 2.56. The highest BCUT2D eigenvalue weighted by Crippen LogP contribution is 2.03. The van der Waals surface area contributed by atoms with Crippen molar-refractivity contribution in [2.24, 2.45) is 0 Å². The average molecular weight is 117 g/mol. The van der Waals surface area contributed by atoms with Crippen molar-refractivity contribution in [3.63, 3.8) is 0 Å². The predicted octanol–water partition coefficient (Wildman–Crippen LogP) is 0.503. The lowest BCUT2D eigenvalue weighted by atomic mass is 10.6. The van der Waals surface area contributed by atoms with Crippen LogP contribution in [0.5, 0.6) is 0 Å². The van der Waals surface area contributed by atoms with Crippen LogP contribution in [0.3, 0.4) is 0 Å². The Morgan fingerprint density at radius 2 is 1.86 bits per heavy atom. The SMILES string of the molecule is C[N+]1CCSCC1. The van der Waals surface area contributed by atoms with Crippen molar-refractivity contribution in [2.45, 2.75) is 0 Å². The highest BCUT2D eigenvalue weighted by Gasteiger charge is 2.11. The van der Waals surface area contributed by atoms with Crippen LogP contribution in [-0.2, 0) is 0 Å². The summed E-state index contributed by atoms with van der Waals surface area (Å²) in [5.74, 6) is 2.66. The molecule has 0 aromatic rings. The first-order valence-corrected chi connectivity index (χ1v) is 3.81. The Kier molecular flexibility index (Phi) is 2.00. The van der Waals surface area contributed by atoms with Crippen LogP contribution in [0.15, 0.2) is 0 Å². The third-order valence-corrected chi connectivity index (χ3v) is 2.18. The third kappa shape index (κ3) is 1.70. The largest absolute Gasteiger partial charge is 0.171 e. The van der Waals surface area contributed by atoms with E-state index in [2.05, 4.69) is 23.7 Å². The molecule has 0 bridgehead atoms. The molecule has 0 atom stereocenters. The smallest absolute Gasteiger partial charge is 0.131 e. The van der Waals surface area contributed by atoms with Crippen LogP contribution >= 0.6 is 11.8 Å². The van der Waals surface area contributed by atoms with Crippen LogP contribution in [0.25, 0.3) is 0 Å². The molecule has 0 unspecified atom stereocenters. The van der Waals surface area contributed by atoms with Crippen LogP contribution in [0.1, 0.15) is 0 Å². The summed E-state index contributed by atoms with van der Waals surface area (Å²) in [7, 11) is 2.18. The Hall–Kier alpha value is 0.310. The van der Waals surface area contributed by atoms with E-state index in [0.717, 1.165) is 0 Å². The topological polar surface area (TPSA) is 5.90 Å². The maximum Gasteiger partial charge on any atom is 0.131 e. The van der Waals surface area contributed by atoms with Gasteiger partial charge >= 0.3 is 0 Å². The molecular weight excluding hydrogens is 106 g/mol. The Labute approximate surface area is 49.1 Å². The van der Waals surface area contributed by atoms with E-state index in [4.69, 9.17) is 0 Å². The Bertz CT molecular complexity index is 50.0. The van der Waals surface area contributed by atoms with E-state index in [1.807, 2.05) is 0 Å². The van der Waals surface area contributed by atoms with Gasteiger partial charge in [0.15, 0.2) is 0 Å². The quantitative estimate of drug-likeness (QED) is 0.419. The number of hydrogen-bond acceptors (Lipinski definition) is 2. The minimum Gasteiger partial charge on any atom is -0.171 e. The first kappa shape index (κ1) is 5.45. The summed E-state index contributed by atoms with van der Waals surface area (Å²) in [6, 6.07) is 0. The molecule has 0 saturated carbocycles. The van der Waals surface area contributed by atoms with Crippen molar-refractivity contribution in [3.8, 4) is 0 Å². The van der Waals surface area contributed by atoms with Crippen LogP contribution in [-0.4, -0.2) is 31.6 Å². The summed E-state index contributed by atoms with van der Waals surface area (Å²) in [5, 5.41) is 0. The van der Waals surface area contributed by atoms with Crippen molar-refractivity contribution in [1.82, 2.24) is 4.90 Å². The highest BCUT2D eigenvalue weighted by atomic mass is 32.2. The number of hydrogen-bond donors (Lipinski definition) is 0. The standard InChI is InChI=1S/C5H11NS/c1-6-2-4-7-5-3-6/h2-5H2,1H3/q+1. The van der Waals surface area contributed by atoms with Crippen molar-refractivity contribution in [2.75, 3.05) is 31.6 Å². The fraction of sp³-hybridized carbons (Fsp3) is 1.00. The van der Waals surface area contributed by atoms with Gasteiger partial charge in [-0.2, -0.15) is 4.90 Å². The van der Waals surface area contributed by atoms with E-state index in [0.29, 0.717) is 0 Å². The van der Waals surface area contributed by atoms with E-state index >= 15 is 0 Å². The van der Waals surface area contributed by atoms with E-state index in [9.17, 15) is 0 Å². The van der Waals surface area contributed by atoms with Gasteiger partial charge < -0.3 is 0 Å². The zero-order valence-electron chi connectivity index (χ0n) is 4.68. The minimum atomic E-state index is 1.28. The molecule has 1 nitrogen and oxygen atoms in total. The van der Waals surface area contributed by atoms with Crippen LogP contribution in [0.2, 0.25) is 0 Å². The summed E-state index contributed by atoms with van der Waals surface area (Å²) in [4.78, 5) is 2.37. The Morgan fingerprint density at radius 1 is 1.29 bits per heavy atom. The first-order valence-electron chi connectivity index (χ1n) is 2.66. The third-order valence-electron chi connectivity index (χ3n) is 1.23. The van der Waals surface area contributed by atoms with Gasteiger partial charge in [-0.3, -0.25) is 0 Å². The number of nitrogens with zero attached hydrogens (tertiary/aromatic N) is 1. The zero-order valence-corrected chi connectivity index (χ0v) is 5.50. The van der Waals surface area contributed by atoms with Crippen molar-refractivity contribution >= 4 is 11.8 Å². The second-order valence-corrected chi connectivity index (χ2v) is 3.14. The summed E-state index contributed by atoms with van der Waals surface area (Å²) in [6.07, 6.45) is 0. The van der Waals surface area contributed by atoms with Gasteiger partial charge in [0.2, 0.25) is 0 Å².